The van der Waals surface area contributed by atoms with Crippen LogP contribution in [0.25, 0.3) is 0 Å². The van der Waals surface area contributed by atoms with Crippen LogP contribution in [0.5, 0.6) is 0 Å². The van der Waals surface area contributed by atoms with Crippen LogP contribution in [0.1, 0.15) is 122 Å². The van der Waals surface area contributed by atoms with Gasteiger partial charge in [0.05, 0.1) is 6.04 Å². The number of carboxylic acid groups (broad SMARTS) is 2. The Morgan fingerprint density at radius 2 is 1.16 bits per heavy atom. The van der Waals surface area contributed by atoms with Gasteiger partial charge in [0.25, 0.3) is 0 Å². The molecule has 0 heterocycles. The predicted octanol–water partition coefficient (Wildman–Crippen LogP) is 3.61. The van der Waals surface area contributed by atoms with E-state index in [4.69, 9.17) is 10.8 Å². The Bertz CT molecular complexity index is 658. The number of amides is 2. The standard InChI is InChI=1S/C27H48N3O7/c28-22(21-31)15-13-14-20-29-24(32)19-18-23(27(36)37)30-25(33)16-11-9-7-5-3-1-2-4-6-8-10-12-17-26(34)35/h22-23H,1-20,28H2,(H,29,32)(H,30,33)(H,34,35)(H,36,37)/t22-,23-/m0/s1. The molecule has 0 aliphatic heterocycles. The lowest BCUT2D eigenvalue weighted by molar-refractivity contribution is -0.142. The number of nitrogens with two attached hydrogens (primary N) is 1. The Morgan fingerprint density at radius 1 is 0.649 bits per heavy atom. The predicted molar refractivity (Wildman–Crippen MR) is 142 cm³/mol. The number of aliphatic carboxylic acids is 2. The van der Waals surface area contributed by atoms with E-state index in [-0.39, 0.29) is 37.5 Å². The van der Waals surface area contributed by atoms with Crippen molar-refractivity contribution in [2.45, 2.75) is 134 Å². The van der Waals surface area contributed by atoms with E-state index in [1.165, 1.54) is 25.7 Å². The number of nitrogens with one attached hydrogen (secondary N) is 2. The van der Waals surface area contributed by atoms with Gasteiger partial charge in [0.15, 0.2) is 0 Å². The summed E-state index contributed by atoms with van der Waals surface area (Å²) in [5, 5.41) is 23.2. The summed E-state index contributed by atoms with van der Waals surface area (Å²) in [6, 6.07) is -1.69. The van der Waals surface area contributed by atoms with Gasteiger partial charge in [0, 0.05) is 25.8 Å². The molecule has 213 valence electrons. The number of hydrogen-bond acceptors (Lipinski definition) is 6. The number of carboxylic acids is 2. The summed E-state index contributed by atoms with van der Waals surface area (Å²) in [4.78, 5) is 56.3. The van der Waals surface area contributed by atoms with Crippen LogP contribution in [0.2, 0.25) is 0 Å². The fourth-order valence-electron chi connectivity index (χ4n) is 3.99. The van der Waals surface area contributed by atoms with Crippen molar-refractivity contribution >= 4 is 30.0 Å². The monoisotopic (exact) mass is 526 g/mol. The van der Waals surface area contributed by atoms with Gasteiger partial charge >= 0.3 is 11.9 Å². The SMILES string of the molecule is N[C@H]([C]=O)CCCCNC(=O)CC[C@H](NC(=O)CCCCCCCCCCCCCCC(=O)O)C(=O)O. The molecule has 2 amide bonds. The summed E-state index contributed by atoms with van der Waals surface area (Å²) in [6.45, 7) is 0.421. The van der Waals surface area contributed by atoms with E-state index in [2.05, 4.69) is 10.6 Å². The van der Waals surface area contributed by atoms with Crippen LogP contribution in [0.3, 0.4) is 0 Å². The third-order valence-electron chi connectivity index (χ3n) is 6.25. The van der Waals surface area contributed by atoms with Crippen LogP contribution in [-0.4, -0.2) is 58.9 Å². The molecular weight excluding hydrogens is 478 g/mol. The van der Waals surface area contributed by atoms with E-state index >= 15 is 0 Å². The van der Waals surface area contributed by atoms with E-state index in [1.54, 1.807) is 6.29 Å². The lowest BCUT2D eigenvalue weighted by Gasteiger charge is -2.14. The van der Waals surface area contributed by atoms with Gasteiger partial charge in [-0.05, 0) is 38.5 Å². The zero-order valence-corrected chi connectivity index (χ0v) is 22.3. The van der Waals surface area contributed by atoms with Crippen molar-refractivity contribution < 1.29 is 34.2 Å². The van der Waals surface area contributed by atoms with Crippen LogP contribution < -0.4 is 16.4 Å². The highest BCUT2D eigenvalue weighted by atomic mass is 16.4. The molecule has 2 atom stereocenters. The maximum Gasteiger partial charge on any atom is 0.326 e. The van der Waals surface area contributed by atoms with Crippen LogP contribution in [0.15, 0.2) is 0 Å². The fraction of sp³-hybridized carbons (Fsp3) is 0.815. The van der Waals surface area contributed by atoms with Crippen molar-refractivity contribution in [1.29, 1.82) is 0 Å². The summed E-state index contributed by atoms with van der Waals surface area (Å²) in [5.74, 6) is -2.45. The molecule has 0 rings (SSSR count). The van der Waals surface area contributed by atoms with Crippen molar-refractivity contribution in [2.75, 3.05) is 6.54 Å². The highest BCUT2D eigenvalue weighted by Gasteiger charge is 2.20. The molecule has 0 fully saturated rings. The first-order valence-corrected chi connectivity index (χ1v) is 13.9. The number of unbranched alkanes of at least 4 members (excludes halogenated alkanes) is 12. The first kappa shape index (κ1) is 34.5. The first-order chi connectivity index (χ1) is 17.8. The topological polar surface area (TPSA) is 176 Å². The molecular formula is C27H48N3O7. The molecule has 0 aromatic carbocycles. The second-order valence-corrected chi connectivity index (χ2v) is 9.70. The maximum absolute atomic E-state index is 12.1. The van der Waals surface area contributed by atoms with Crippen LogP contribution in [-0.2, 0) is 24.0 Å². The molecule has 0 unspecified atom stereocenters. The molecule has 0 aliphatic rings. The quantitative estimate of drug-likeness (QED) is 0.106. The van der Waals surface area contributed by atoms with Gasteiger partial charge in [0.2, 0.25) is 18.1 Å². The number of carbonyl (C=O) groups excluding carboxylic acids is 3. The van der Waals surface area contributed by atoms with Crippen molar-refractivity contribution in [1.82, 2.24) is 10.6 Å². The van der Waals surface area contributed by atoms with Gasteiger partial charge in [-0.3, -0.25) is 19.2 Å². The molecule has 6 N–H and O–H groups in total. The normalized spacial score (nSPS) is 12.5. The Morgan fingerprint density at radius 3 is 1.65 bits per heavy atom. The van der Waals surface area contributed by atoms with Crippen molar-refractivity contribution in [3.05, 3.63) is 0 Å². The summed E-state index contributed by atoms with van der Waals surface area (Å²) in [5.41, 5.74) is 5.44. The molecule has 0 bridgehead atoms. The molecule has 0 aromatic rings. The van der Waals surface area contributed by atoms with Gasteiger partial charge in [-0.2, -0.15) is 0 Å². The molecule has 0 aromatic heterocycles. The van der Waals surface area contributed by atoms with Crippen LogP contribution >= 0.6 is 0 Å². The van der Waals surface area contributed by atoms with Crippen molar-refractivity contribution in [3.8, 4) is 0 Å². The number of hydrogen-bond donors (Lipinski definition) is 5. The van der Waals surface area contributed by atoms with Gasteiger partial charge in [0.1, 0.15) is 6.04 Å². The number of rotatable bonds is 26. The molecule has 0 saturated heterocycles. The van der Waals surface area contributed by atoms with Crippen molar-refractivity contribution in [2.24, 2.45) is 5.73 Å². The zero-order valence-electron chi connectivity index (χ0n) is 22.3. The van der Waals surface area contributed by atoms with Crippen molar-refractivity contribution in [3.63, 3.8) is 0 Å². The molecule has 10 heteroatoms. The zero-order chi connectivity index (χ0) is 27.7. The summed E-state index contributed by atoms with van der Waals surface area (Å²) in [7, 11) is 0. The lowest BCUT2D eigenvalue weighted by atomic mass is 10.0. The fourth-order valence-corrected chi connectivity index (χ4v) is 3.99. The molecule has 1 radical (unpaired) electrons. The van der Waals surface area contributed by atoms with E-state index in [0.717, 1.165) is 44.9 Å². The third kappa shape index (κ3) is 23.6. The summed E-state index contributed by atoms with van der Waals surface area (Å²) < 4.78 is 0. The molecule has 0 saturated carbocycles. The minimum absolute atomic E-state index is 0.00357. The van der Waals surface area contributed by atoms with E-state index in [9.17, 15) is 29.1 Å². The van der Waals surface area contributed by atoms with Gasteiger partial charge in [-0.15, -0.1) is 0 Å². The molecule has 0 spiro atoms. The first-order valence-electron chi connectivity index (χ1n) is 13.9. The molecule has 0 aliphatic carbocycles. The van der Waals surface area contributed by atoms with Gasteiger partial charge < -0.3 is 26.6 Å². The highest BCUT2D eigenvalue weighted by molar-refractivity contribution is 5.84. The van der Waals surface area contributed by atoms with Crippen LogP contribution in [0.4, 0.5) is 0 Å². The number of carbonyl (C=O) groups is 4. The van der Waals surface area contributed by atoms with E-state index in [0.29, 0.717) is 32.2 Å². The Labute approximate surface area is 221 Å². The summed E-state index contributed by atoms with van der Waals surface area (Å²) in [6.07, 6.45) is 16.7. The highest BCUT2D eigenvalue weighted by Crippen LogP contribution is 2.13. The minimum atomic E-state index is -1.15. The largest absolute Gasteiger partial charge is 0.481 e. The van der Waals surface area contributed by atoms with E-state index in [1.807, 2.05) is 0 Å². The van der Waals surface area contributed by atoms with Gasteiger partial charge in [-0.1, -0.05) is 64.2 Å². The van der Waals surface area contributed by atoms with Crippen LogP contribution in [0, 0.1) is 0 Å². The lowest BCUT2D eigenvalue weighted by Crippen LogP contribution is -2.41. The van der Waals surface area contributed by atoms with Gasteiger partial charge in [-0.25, -0.2) is 4.79 Å². The average Bonchev–Trinajstić information content (AvgIpc) is 2.85. The molecule has 10 nitrogen and oxygen atoms in total. The second kappa shape index (κ2) is 23.9. The minimum Gasteiger partial charge on any atom is -0.481 e. The average molecular weight is 527 g/mol. The Kier molecular flexibility index (Phi) is 22.3. The Hall–Kier alpha value is -2.49. The smallest absolute Gasteiger partial charge is 0.326 e. The maximum atomic E-state index is 12.1. The van der Waals surface area contributed by atoms with E-state index < -0.39 is 24.0 Å². The Balaban J connectivity index is 3.72. The summed E-state index contributed by atoms with van der Waals surface area (Å²) >= 11 is 0. The second-order valence-electron chi connectivity index (χ2n) is 9.70. The third-order valence-corrected chi connectivity index (χ3v) is 6.25. The molecule has 37 heavy (non-hydrogen) atoms.